The molecule has 3 aromatic rings. The Morgan fingerprint density at radius 2 is 1.29 bits per heavy atom. The van der Waals surface area contributed by atoms with Crippen LogP contribution in [0.4, 0.5) is 0 Å². The summed E-state index contributed by atoms with van der Waals surface area (Å²) < 4.78 is 10.7. The fraction of sp³-hybridized carbons (Fsp3) is 0.125. The van der Waals surface area contributed by atoms with Gasteiger partial charge in [-0.05, 0) is 42.0 Å². The lowest BCUT2D eigenvalue weighted by Crippen LogP contribution is -2.39. The Balaban J connectivity index is 1.36. The van der Waals surface area contributed by atoms with Gasteiger partial charge in [0, 0.05) is 5.56 Å². The van der Waals surface area contributed by atoms with Crippen LogP contribution >= 0.6 is 0 Å². The number of ether oxygens (including phenoxy) is 2. The first-order valence-corrected chi connectivity index (χ1v) is 9.67. The molecule has 31 heavy (non-hydrogen) atoms. The van der Waals surface area contributed by atoms with Crippen LogP contribution in [0.25, 0.3) is 0 Å². The SMILES string of the molecule is O=C(CNC(=O)c1ccc(Oc2ccccc2)cc1)NCC(=O)OCc1ccccc1. The molecule has 3 aromatic carbocycles. The summed E-state index contributed by atoms with van der Waals surface area (Å²) >= 11 is 0. The Morgan fingerprint density at radius 1 is 0.677 bits per heavy atom. The number of para-hydroxylation sites is 1. The van der Waals surface area contributed by atoms with E-state index in [1.807, 2.05) is 60.7 Å². The van der Waals surface area contributed by atoms with E-state index in [2.05, 4.69) is 10.6 Å². The van der Waals surface area contributed by atoms with Gasteiger partial charge in [-0.3, -0.25) is 14.4 Å². The van der Waals surface area contributed by atoms with Gasteiger partial charge in [0.05, 0.1) is 6.54 Å². The average Bonchev–Trinajstić information content (AvgIpc) is 2.81. The van der Waals surface area contributed by atoms with Crippen LogP contribution in [-0.4, -0.2) is 30.9 Å². The third-order valence-electron chi connectivity index (χ3n) is 4.18. The van der Waals surface area contributed by atoms with Crippen LogP contribution in [0.2, 0.25) is 0 Å². The highest BCUT2D eigenvalue weighted by molar-refractivity contribution is 5.96. The van der Waals surface area contributed by atoms with E-state index in [-0.39, 0.29) is 19.7 Å². The lowest BCUT2D eigenvalue weighted by molar-refractivity contribution is -0.145. The number of esters is 1. The second kappa shape index (κ2) is 11.2. The molecule has 0 unspecified atom stereocenters. The molecule has 158 valence electrons. The number of nitrogens with one attached hydrogen (secondary N) is 2. The van der Waals surface area contributed by atoms with Crippen molar-refractivity contribution in [3.8, 4) is 11.5 Å². The number of rotatable bonds is 9. The zero-order chi connectivity index (χ0) is 21.9. The molecule has 0 fully saturated rings. The van der Waals surface area contributed by atoms with E-state index in [0.717, 1.165) is 5.56 Å². The standard InChI is InChI=1S/C24H22N2O5/c27-22(25-16-23(28)30-17-18-7-3-1-4-8-18)15-26-24(29)19-11-13-21(14-12-19)31-20-9-5-2-6-10-20/h1-14H,15-17H2,(H,25,27)(H,26,29). The van der Waals surface area contributed by atoms with Gasteiger partial charge in [0.1, 0.15) is 24.7 Å². The maximum Gasteiger partial charge on any atom is 0.325 e. The number of carbonyl (C=O) groups is 3. The van der Waals surface area contributed by atoms with Gasteiger partial charge in [-0.1, -0.05) is 48.5 Å². The number of amides is 2. The number of benzene rings is 3. The van der Waals surface area contributed by atoms with Crippen LogP contribution < -0.4 is 15.4 Å². The van der Waals surface area contributed by atoms with Crippen molar-refractivity contribution in [1.29, 1.82) is 0 Å². The van der Waals surface area contributed by atoms with Gasteiger partial charge in [-0.25, -0.2) is 0 Å². The molecule has 2 N–H and O–H groups in total. The fourth-order valence-corrected chi connectivity index (χ4v) is 2.58. The van der Waals surface area contributed by atoms with Crippen LogP contribution in [0.15, 0.2) is 84.9 Å². The summed E-state index contributed by atoms with van der Waals surface area (Å²) in [5.41, 5.74) is 1.24. The highest BCUT2D eigenvalue weighted by atomic mass is 16.5. The third-order valence-corrected chi connectivity index (χ3v) is 4.18. The quantitative estimate of drug-likeness (QED) is 0.521. The summed E-state index contributed by atoms with van der Waals surface area (Å²) in [6.07, 6.45) is 0. The number of hydrogen-bond acceptors (Lipinski definition) is 5. The van der Waals surface area contributed by atoms with Crippen LogP contribution in [0.5, 0.6) is 11.5 Å². The first kappa shape index (κ1) is 21.6. The smallest absolute Gasteiger partial charge is 0.325 e. The van der Waals surface area contributed by atoms with Gasteiger partial charge in [0.2, 0.25) is 5.91 Å². The summed E-state index contributed by atoms with van der Waals surface area (Å²) in [5.74, 6) is -0.173. The van der Waals surface area contributed by atoms with Crippen LogP contribution in [0.1, 0.15) is 15.9 Å². The van der Waals surface area contributed by atoms with Gasteiger partial charge in [-0.2, -0.15) is 0 Å². The number of hydrogen-bond donors (Lipinski definition) is 2. The van der Waals surface area contributed by atoms with Crippen molar-refractivity contribution in [2.24, 2.45) is 0 Å². The third kappa shape index (κ3) is 7.32. The maximum atomic E-state index is 12.2. The highest BCUT2D eigenvalue weighted by Crippen LogP contribution is 2.21. The van der Waals surface area contributed by atoms with E-state index in [1.54, 1.807) is 24.3 Å². The summed E-state index contributed by atoms with van der Waals surface area (Å²) in [6.45, 7) is -0.392. The molecule has 0 heterocycles. The summed E-state index contributed by atoms with van der Waals surface area (Å²) in [7, 11) is 0. The predicted octanol–water partition coefficient (Wildman–Crippen LogP) is 3.07. The van der Waals surface area contributed by atoms with Crippen molar-refractivity contribution in [3.63, 3.8) is 0 Å². The van der Waals surface area contributed by atoms with Gasteiger partial charge in [0.25, 0.3) is 5.91 Å². The highest BCUT2D eigenvalue weighted by Gasteiger charge is 2.10. The first-order valence-electron chi connectivity index (χ1n) is 9.67. The molecule has 0 aliphatic rings. The topological polar surface area (TPSA) is 93.7 Å². The summed E-state index contributed by atoms with van der Waals surface area (Å²) in [6, 6.07) is 25.1. The molecule has 7 heteroatoms. The van der Waals surface area contributed by atoms with E-state index >= 15 is 0 Å². The van der Waals surface area contributed by atoms with Crippen molar-refractivity contribution in [2.75, 3.05) is 13.1 Å². The Kier molecular flexibility index (Phi) is 7.77. The molecule has 0 aromatic heterocycles. The average molecular weight is 418 g/mol. The van der Waals surface area contributed by atoms with Crippen molar-refractivity contribution in [1.82, 2.24) is 10.6 Å². The molecule has 3 rings (SSSR count). The van der Waals surface area contributed by atoms with Gasteiger partial charge >= 0.3 is 5.97 Å². The zero-order valence-electron chi connectivity index (χ0n) is 16.7. The zero-order valence-corrected chi connectivity index (χ0v) is 16.7. The summed E-state index contributed by atoms with van der Waals surface area (Å²) in [4.78, 5) is 35.8. The molecule has 0 atom stereocenters. The molecule has 2 amide bonds. The van der Waals surface area contributed by atoms with Crippen LogP contribution in [0, 0.1) is 0 Å². The summed E-state index contributed by atoms with van der Waals surface area (Å²) in [5, 5.41) is 4.92. The molecule has 0 radical (unpaired) electrons. The molecule has 0 aliphatic carbocycles. The Hall–Kier alpha value is -4.13. The minimum atomic E-state index is -0.558. The van der Waals surface area contributed by atoms with E-state index in [1.165, 1.54) is 0 Å². The Bertz CT molecular complexity index is 1010. The molecule has 0 saturated carbocycles. The molecular weight excluding hydrogens is 396 g/mol. The molecule has 0 aliphatic heterocycles. The fourth-order valence-electron chi connectivity index (χ4n) is 2.58. The van der Waals surface area contributed by atoms with Crippen molar-refractivity contribution >= 4 is 17.8 Å². The van der Waals surface area contributed by atoms with Crippen LogP contribution in [0.3, 0.4) is 0 Å². The normalized spacial score (nSPS) is 10.1. The van der Waals surface area contributed by atoms with E-state index in [4.69, 9.17) is 9.47 Å². The maximum absolute atomic E-state index is 12.2. The molecule has 7 nitrogen and oxygen atoms in total. The van der Waals surface area contributed by atoms with Crippen molar-refractivity contribution in [3.05, 3.63) is 96.1 Å². The van der Waals surface area contributed by atoms with Crippen LogP contribution in [-0.2, 0) is 20.9 Å². The lowest BCUT2D eigenvalue weighted by atomic mass is 10.2. The largest absolute Gasteiger partial charge is 0.460 e. The van der Waals surface area contributed by atoms with E-state index < -0.39 is 17.8 Å². The van der Waals surface area contributed by atoms with E-state index in [0.29, 0.717) is 17.1 Å². The second-order valence-corrected chi connectivity index (χ2v) is 6.55. The Morgan fingerprint density at radius 3 is 1.97 bits per heavy atom. The van der Waals surface area contributed by atoms with Gasteiger partial charge in [0.15, 0.2) is 0 Å². The van der Waals surface area contributed by atoms with Gasteiger partial charge < -0.3 is 20.1 Å². The minimum absolute atomic E-state index is 0.135. The monoisotopic (exact) mass is 418 g/mol. The minimum Gasteiger partial charge on any atom is -0.460 e. The predicted molar refractivity (Wildman–Crippen MR) is 115 cm³/mol. The molecule has 0 spiro atoms. The molecule has 0 saturated heterocycles. The number of carbonyl (C=O) groups excluding carboxylic acids is 3. The lowest BCUT2D eigenvalue weighted by Gasteiger charge is -2.09. The van der Waals surface area contributed by atoms with Gasteiger partial charge in [-0.15, -0.1) is 0 Å². The van der Waals surface area contributed by atoms with Crippen molar-refractivity contribution in [2.45, 2.75) is 6.61 Å². The first-order chi connectivity index (χ1) is 15.1. The second-order valence-electron chi connectivity index (χ2n) is 6.55. The molecular formula is C24H22N2O5. The Labute approximate surface area is 180 Å². The molecule has 0 bridgehead atoms. The van der Waals surface area contributed by atoms with E-state index in [9.17, 15) is 14.4 Å². The van der Waals surface area contributed by atoms with Crippen molar-refractivity contribution < 1.29 is 23.9 Å².